The first-order valence-electron chi connectivity index (χ1n) is 5.69. The van der Waals surface area contributed by atoms with Crippen molar-refractivity contribution in [2.75, 3.05) is 6.61 Å². The fraction of sp³-hybridized carbons (Fsp3) is 0.385. The molecule has 0 bridgehead atoms. The molecule has 1 aromatic rings. The molecule has 1 atom stereocenters. The maximum atomic E-state index is 11.0. The van der Waals surface area contributed by atoms with Crippen molar-refractivity contribution in [3.05, 3.63) is 32.3 Å². The monoisotopic (exact) mass is 327 g/mol. The summed E-state index contributed by atoms with van der Waals surface area (Å²) in [5.74, 6) is 2.56. The molecule has 1 N–H and O–H groups in total. The zero-order valence-corrected chi connectivity index (χ0v) is 12.0. The van der Waals surface area contributed by atoms with E-state index >= 15 is 0 Å². The first-order valence-corrected chi connectivity index (χ1v) is 6.48. The Hall–Kier alpha value is -1.58. The minimum atomic E-state index is -0.862. The summed E-state index contributed by atoms with van der Waals surface area (Å²) in [7, 11) is 0. The van der Waals surface area contributed by atoms with Gasteiger partial charge < -0.3 is 9.84 Å². The van der Waals surface area contributed by atoms with Gasteiger partial charge in [0.05, 0.1) is 17.6 Å². The molecule has 5 nitrogen and oxygen atoms in total. The van der Waals surface area contributed by atoms with Crippen LogP contribution in [-0.2, 0) is 0 Å². The van der Waals surface area contributed by atoms with E-state index in [0.717, 1.165) is 0 Å². The summed E-state index contributed by atoms with van der Waals surface area (Å²) in [6.07, 6.45) is 5.40. The van der Waals surface area contributed by atoms with E-state index < -0.39 is 11.0 Å². The lowest BCUT2D eigenvalue weighted by Crippen LogP contribution is -2.05. The van der Waals surface area contributed by atoms with Gasteiger partial charge in [-0.05, 0) is 19.4 Å². The first-order chi connectivity index (χ1) is 8.97. The van der Waals surface area contributed by atoms with E-state index in [0.29, 0.717) is 22.9 Å². The van der Waals surface area contributed by atoms with Crippen LogP contribution < -0.4 is 4.74 Å². The van der Waals surface area contributed by atoms with Crippen LogP contribution in [0.1, 0.15) is 31.4 Å². The Labute approximate surface area is 119 Å². The Morgan fingerprint density at radius 1 is 1.63 bits per heavy atom. The van der Waals surface area contributed by atoms with Crippen molar-refractivity contribution in [3.63, 3.8) is 0 Å². The summed E-state index contributed by atoms with van der Waals surface area (Å²) in [5, 5.41) is 20.7. The predicted octanol–water partition coefficient (Wildman–Crippen LogP) is 3.20. The summed E-state index contributed by atoms with van der Waals surface area (Å²) < 4.78 is 5.95. The molecule has 0 unspecified atom stereocenters. The Balaban J connectivity index is 3.09. The highest BCUT2D eigenvalue weighted by Gasteiger charge is 2.23. The van der Waals surface area contributed by atoms with Gasteiger partial charge in [-0.15, -0.1) is 12.3 Å². The number of nitro groups is 1. The third-order valence-corrected chi connectivity index (χ3v) is 2.88. The number of nitro benzene ring substituents is 1. The molecular weight excluding hydrogens is 314 g/mol. The smallest absolute Gasteiger partial charge is 0.312 e. The van der Waals surface area contributed by atoms with Crippen LogP contribution in [0.3, 0.4) is 0 Å². The number of terminal acetylenes is 1. The zero-order chi connectivity index (χ0) is 14.4. The van der Waals surface area contributed by atoms with Gasteiger partial charge in [-0.2, -0.15) is 0 Å². The van der Waals surface area contributed by atoms with Crippen LogP contribution in [0.25, 0.3) is 0 Å². The SMILES string of the molecule is C#CCCCOc1c([C@@H](C)O)cc(Br)cc1[N+](=O)[O-]. The van der Waals surface area contributed by atoms with E-state index in [1.54, 1.807) is 6.07 Å². The standard InChI is InChI=1S/C13H14BrNO4/c1-3-4-5-6-19-13-11(9(2)16)7-10(14)8-12(13)15(17)18/h1,7-9,16H,4-6H2,2H3/t9-/m1/s1. The molecule has 6 heteroatoms. The highest BCUT2D eigenvalue weighted by molar-refractivity contribution is 9.10. The van der Waals surface area contributed by atoms with Gasteiger partial charge in [0.15, 0.2) is 0 Å². The second kappa shape index (κ2) is 7.12. The molecule has 102 valence electrons. The van der Waals surface area contributed by atoms with Gasteiger partial charge in [-0.1, -0.05) is 15.9 Å². The Morgan fingerprint density at radius 3 is 2.84 bits per heavy atom. The van der Waals surface area contributed by atoms with Gasteiger partial charge in [0, 0.05) is 22.5 Å². The lowest BCUT2D eigenvalue weighted by Gasteiger charge is -2.14. The average molecular weight is 328 g/mol. The lowest BCUT2D eigenvalue weighted by molar-refractivity contribution is -0.386. The molecule has 1 aromatic carbocycles. The summed E-state index contributed by atoms with van der Waals surface area (Å²) in [5.41, 5.74) is 0.202. The van der Waals surface area contributed by atoms with Crippen LogP contribution in [0.4, 0.5) is 5.69 Å². The highest BCUT2D eigenvalue weighted by Crippen LogP contribution is 2.37. The van der Waals surface area contributed by atoms with Crippen LogP contribution in [-0.4, -0.2) is 16.6 Å². The molecule has 0 aromatic heterocycles. The number of aliphatic hydroxyl groups is 1. The van der Waals surface area contributed by atoms with Crippen molar-refractivity contribution in [1.29, 1.82) is 0 Å². The van der Waals surface area contributed by atoms with Crippen LogP contribution in [0.15, 0.2) is 16.6 Å². The van der Waals surface area contributed by atoms with Gasteiger partial charge in [-0.25, -0.2) is 0 Å². The van der Waals surface area contributed by atoms with Crippen molar-refractivity contribution in [1.82, 2.24) is 0 Å². The van der Waals surface area contributed by atoms with Crippen molar-refractivity contribution >= 4 is 21.6 Å². The third-order valence-electron chi connectivity index (χ3n) is 2.42. The van der Waals surface area contributed by atoms with Crippen molar-refractivity contribution in [3.8, 4) is 18.1 Å². The largest absolute Gasteiger partial charge is 0.487 e. The molecule has 0 radical (unpaired) electrons. The maximum absolute atomic E-state index is 11.0. The van der Waals surface area contributed by atoms with Gasteiger partial charge in [-0.3, -0.25) is 10.1 Å². The molecule has 0 aliphatic carbocycles. The fourth-order valence-corrected chi connectivity index (χ4v) is 2.01. The van der Waals surface area contributed by atoms with E-state index in [1.165, 1.54) is 13.0 Å². The Morgan fingerprint density at radius 2 is 2.32 bits per heavy atom. The van der Waals surface area contributed by atoms with E-state index in [-0.39, 0.29) is 18.0 Å². The second-order valence-corrected chi connectivity index (χ2v) is 4.85. The average Bonchev–Trinajstić information content (AvgIpc) is 2.34. The van der Waals surface area contributed by atoms with E-state index in [1.807, 2.05) is 0 Å². The number of aliphatic hydroxyl groups excluding tert-OH is 1. The summed E-state index contributed by atoms with van der Waals surface area (Å²) >= 11 is 3.18. The number of benzene rings is 1. The first kappa shape index (κ1) is 15.5. The molecule has 0 amide bonds. The van der Waals surface area contributed by atoms with E-state index in [2.05, 4.69) is 21.9 Å². The molecule has 0 spiro atoms. The zero-order valence-electron chi connectivity index (χ0n) is 10.4. The van der Waals surface area contributed by atoms with Crippen LogP contribution in [0.2, 0.25) is 0 Å². The fourth-order valence-electron chi connectivity index (χ4n) is 1.55. The number of unbranched alkanes of at least 4 members (excludes halogenated alkanes) is 1. The van der Waals surface area contributed by atoms with Crippen molar-refractivity contribution < 1.29 is 14.8 Å². The van der Waals surface area contributed by atoms with Crippen LogP contribution >= 0.6 is 15.9 Å². The molecule has 0 fully saturated rings. The van der Waals surface area contributed by atoms with Crippen LogP contribution in [0.5, 0.6) is 5.75 Å². The van der Waals surface area contributed by atoms with Crippen molar-refractivity contribution in [2.45, 2.75) is 25.9 Å². The number of rotatable bonds is 6. The lowest BCUT2D eigenvalue weighted by atomic mass is 10.1. The van der Waals surface area contributed by atoms with Crippen molar-refractivity contribution in [2.24, 2.45) is 0 Å². The molecule has 0 saturated heterocycles. The van der Waals surface area contributed by atoms with Gasteiger partial charge in [0.25, 0.3) is 0 Å². The van der Waals surface area contributed by atoms with Gasteiger partial charge in [0.2, 0.25) is 5.75 Å². The molecule has 0 aliphatic rings. The number of nitrogens with zero attached hydrogens (tertiary/aromatic N) is 1. The third kappa shape index (κ3) is 4.23. The maximum Gasteiger partial charge on any atom is 0.312 e. The molecule has 0 saturated carbocycles. The molecule has 0 aliphatic heterocycles. The summed E-state index contributed by atoms with van der Waals surface area (Å²) in [6.45, 7) is 1.80. The summed E-state index contributed by atoms with van der Waals surface area (Å²) in [6, 6.07) is 2.95. The van der Waals surface area contributed by atoms with Gasteiger partial charge >= 0.3 is 5.69 Å². The molecule has 1 rings (SSSR count). The van der Waals surface area contributed by atoms with E-state index in [4.69, 9.17) is 11.2 Å². The number of halogens is 1. The minimum absolute atomic E-state index is 0.0974. The normalized spacial score (nSPS) is 11.7. The topological polar surface area (TPSA) is 72.6 Å². The highest BCUT2D eigenvalue weighted by atomic mass is 79.9. The Bertz CT molecular complexity index is 508. The number of ether oxygens (including phenoxy) is 1. The summed E-state index contributed by atoms with van der Waals surface area (Å²) in [4.78, 5) is 10.5. The van der Waals surface area contributed by atoms with E-state index in [9.17, 15) is 15.2 Å². The van der Waals surface area contributed by atoms with Crippen LogP contribution in [0, 0.1) is 22.5 Å². The minimum Gasteiger partial charge on any atom is -0.487 e. The van der Waals surface area contributed by atoms with Gasteiger partial charge in [0.1, 0.15) is 0 Å². The number of hydrogen-bond donors (Lipinski definition) is 1. The molecule has 0 heterocycles. The predicted molar refractivity (Wildman–Crippen MR) is 75.0 cm³/mol. The molecular formula is C13H14BrNO4. The molecule has 19 heavy (non-hydrogen) atoms. The second-order valence-electron chi connectivity index (χ2n) is 3.93. The Kier molecular flexibility index (Phi) is 5.80. The number of hydrogen-bond acceptors (Lipinski definition) is 4. The quantitative estimate of drug-likeness (QED) is 0.377.